The molecule has 0 saturated carbocycles. The predicted octanol–water partition coefficient (Wildman–Crippen LogP) is 5.02. The second-order valence-electron chi connectivity index (χ2n) is 10.2. The van der Waals surface area contributed by atoms with E-state index in [4.69, 9.17) is 11.6 Å². The average Bonchev–Trinajstić information content (AvgIpc) is 2.93. The van der Waals surface area contributed by atoms with Gasteiger partial charge in [-0.1, -0.05) is 86.5 Å². The maximum absolute atomic E-state index is 13.9. The van der Waals surface area contributed by atoms with E-state index >= 15 is 0 Å². The number of benzene rings is 3. The van der Waals surface area contributed by atoms with Crippen molar-refractivity contribution in [2.45, 2.75) is 52.0 Å². The summed E-state index contributed by atoms with van der Waals surface area (Å²) in [5.41, 5.74) is 1.98. The summed E-state index contributed by atoms with van der Waals surface area (Å²) in [6.45, 7) is 5.40. The molecule has 38 heavy (non-hydrogen) atoms. The molecular formula is C30H33ClN4O3. The quantitative estimate of drug-likeness (QED) is 0.484. The summed E-state index contributed by atoms with van der Waals surface area (Å²) in [5.74, 6) is -0.165. The minimum absolute atomic E-state index is 0.0404. The van der Waals surface area contributed by atoms with E-state index in [1.165, 1.54) is 0 Å². The topological polar surface area (TPSA) is 73.0 Å². The minimum Gasteiger partial charge on any atom is -0.334 e. The van der Waals surface area contributed by atoms with Crippen LogP contribution in [0.25, 0.3) is 10.8 Å². The molecule has 3 atom stereocenters. The number of nitrogens with zero attached hydrogens (tertiary/aromatic N) is 3. The number of fused-ring (bicyclic) bond motifs is 2. The fourth-order valence-electron chi connectivity index (χ4n) is 5.57. The fourth-order valence-corrected chi connectivity index (χ4v) is 5.69. The molecule has 0 aliphatic carbocycles. The Labute approximate surface area is 228 Å². The number of hydrogen-bond donors (Lipinski definition) is 1. The van der Waals surface area contributed by atoms with Gasteiger partial charge in [0.15, 0.2) is 0 Å². The third-order valence-corrected chi connectivity index (χ3v) is 8.08. The summed E-state index contributed by atoms with van der Waals surface area (Å²) in [4.78, 5) is 45.7. The first-order valence-corrected chi connectivity index (χ1v) is 13.6. The lowest BCUT2D eigenvalue weighted by atomic mass is 9.91. The lowest BCUT2D eigenvalue weighted by Gasteiger charge is -2.53. The summed E-state index contributed by atoms with van der Waals surface area (Å²) in [7, 11) is 0. The van der Waals surface area contributed by atoms with Crippen molar-refractivity contribution in [2.24, 2.45) is 5.92 Å². The van der Waals surface area contributed by atoms with Gasteiger partial charge in [-0.25, -0.2) is 4.79 Å². The van der Waals surface area contributed by atoms with Gasteiger partial charge in [0.25, 0.3) is 0 Å². The predicted molar refractivity (Wildman–Crippen MR) is 148 cm³/mol. The molecule has 0 radical (unpaired) electrons. The van der Waals surface area contributed by atoms with Crippen LogP contribution in [0.5, 0.6) is 0 Å². The summed E-state index contributed by atoms with van der Waals surface area (Å²) < 4.78 is 0. The first-order valence-electron chi connectivity index (χ1n) is 13.2. The lowest BCUT2D eigenvalue weighted by Crippen LogP contribution is -2.72. The Bertz CT molecular complexity index is 1340. The van der Waals surface area contributed by atoms with E-state index in [-0.39, 0.29) is 36.7 Å². The molecule has 0 aromatic heterocycles. The molecule has 8 heteroatoms. The van der Waals surface area contributed by atoms with Gasteiger partial charge >= 0.3 is 6.03 Å². The number of amides is 4. The number of urea groups is 1. The molecule has 0 bridgehead atoms. The molecule has 2 heterocycles. The van der Waals surface area contributed by atoms with Gasteiger partial charge in [0.1, 0.15) is 12.2 Å². The van der Waals surface area contributed by atoms with Crippen LogP contribution in [0, 0.1) is 5.92 Å². The molecule has 3 aromatic carbocycles. The van der Waals surface area contributed by atoms with Crippen molar-refractivity contribution in [3.63, 3.8) is 0 Å². The zero-order chi connectivity index (χ0) is 26.8. The number of piperazine rings is 1. The Hall–Kier alpha value is -3.58. The minimum atomic E-state index is -0.604. The number of carbonyl (C=O) groups is 3. The highest BCUT2D eigenvalue weighted by Gasteiger charge is 2.50. The second-order valence-corrected chi connectivity index (χ2v) is 10.6. The summed E-state index contributed by atoms with van der Waals surface area (Å²) in [6, 6.07) is 20.7. The highest BCUT2D eigenvalue weighted by molar-refractivity contribution is 6.30. The number of halogens is 1. The van der Waals surface area contributed by atoms with Crippen LogP contribution in [0.3, 0.4) is 0 Å². The Morgan fingerprint density at radius 2 is 1.79 bits per heavy atom. The summed E-state index contributed by atoms with van der Waals surface area (Å²) in [6.07, 6.45) is 0.430. The highest BCUT2D eigenvalue weighted by atomic mass is 35.5. The molecule has 2 aliphatic heterocycles. The van der Waals surface area contributed by atoms with Crippen molar-refractivity contribution in [1.29, 1.82) is 0 Å². The van der Waals surface area contributed by atoms with Gasteiger partial charge in [-0.3, -0.25) is 9.59 Å². The van der Waals surface area contributed by atoms with E-state index in [0.717, 1.165) is 28.3 Å². The van der Waals surface area contributed by atoms with Gasteiger partial charge in [-0.15, -0.1) is 0 Å². The summed E-state index contributed by atoms with van der Waals surface area (Å²) in [5, 5.41) is 5.85. The maximum atomic E-state index is 13.9. The van der Waals surface area contributed by atoms with Crippen molar-refractivity contribution >= 4 is 40.2 Å². The largest absolute Gasteiger partial charge is 0.334 e. The molecule has 0 unspecified atom stereocenters. The van der Waals surface area contributed by atoms with Gasteiger partial charge in [0, 0.05) is 31.1 Å². The van der Waals surface area contributed by atoms with Crippen LogP contribution in [-0.4, -0.2) is 57.8 Å². The van der Waals surface area contributed by atoms with Crippen molar-refractivity contribution in [1.82, 2.24) is 20.0 Å². The standard InChI is InChI=1S/C30H33ClN4O3/c1-3-20(2)28-29(37)33(18-23-9-6-8-22-7-4-5-10-25(22)23)19-26-34(16-15-27(36)35(26)28)30(38)32-17-21-11-13-24(31)14-12-21/h4-14,20,26,28H,3,15-19H2,1-2H3,(H,32,38)/t20-,26+,28-/m0/s1. The Morgan fingerprint density at radius 1 is 1.05 bits per heavy atom. The zero-order valence-corrected chi connectivity index (χ0v) is 22.5. The zero-order valence-electron chi connectivity index (χ0n) is 21.8. The van der Waals surface area contributed by atoms with E-state index in [1.54, 1.807) is 21.9 Å². The molecule has 7 nitrogen and oxygen atoms in total. The molecule has 3 aromatic rings. The van der Waals surface area contributed by atoms with Gasteiger partial charge in [-0.05, 0) is 39.9 Å². The smallest absolute Gasteiger partial charge is 0.319 e. The maximum Gasteiger partial charge on any atom is 0.319 e. The summed E-state index contributed by atoms with van der Waals surface area (Å²) >= 11 is 5.99. The van der Waals surface area contributed by atoms with Gasteiger partial charge in [0.05, 0.1) is 6.54 Å². The van der Waals surface area contributed by atoms with Crippen LogP contribution in [0.2, 0.25) is 5.02 Å². The second kappa shape index (κ2) is 11.0. The molecule has 0 spiro atoms. The van der Waals surface area contributed by atoms with Crippen LogP contribution < -0.4 is 5.32 Å². The first kappa shape index (κ1) is 26.0. The highest BCUT2D eigenvalue weighted by Crippen LogP contribution is 2.32. The molecule has 2 aliphatic rings. The van der Waals surface area contributed by atoms with Crippen molar-refractivity contribution in [2.75, 3.05) is 13.1 Å². The van der Waals surface area contributed by atoms with Crippen LogP contribution in [-0.2, 0) is 22.7 Å². The molecule has 1 N–H and O–H groups in total. The van der Waals surface area contributed by atoms with E-state index < -0.39 is 12.2 Å². The molecular weight excluding hydrogens is 500 g/mol. The van der Waals surface area contributed by atoms with Crippen LogP contribution in [0.15, 0.2) is 66.7 Å². The van der Waals surface area contributed by atoms with Crippen molar-refractivity contribution < 1.29 is 14.4 Å². The Morgan fingerprint density at radius 3 is 2.55 bits per heavy atom. The van der Waals surface area contributed by atoms with Gasteiger partial charge < -0.3 is 20.0 Å². The van der Waals surface area contributed by atoms with Crippen molar-refractivity contribution in [3.8, 4) is 0 Å². The van der Waals surface area contributed by atoms with Crippen LogP contribution in [0.4, 0.5) is 4.79 Å². The Kier molecular flexibility index (Phi) is 7.56. The van der Waals surface area contributed by atoms with E-state index in [1.807, 2.05) is 55.1 Å². The molecule has 5 rings (SSSR count). The lowest BCUT2D eigenvalue weighted by molar-refractivity contribution is -0.170. The number of nitrogens with one attached hydrogen (secondary N) is 1. The molecule has 198 valence electrons. The third kappa shape index (κ3) is 5.07. The van der Waals surface area contributed by atoms with Gasteiger partial charge in [-0.2, -0.15) is 0 Å². The Balaban J connectivity index is 1.42. The molecule has 4 amide bonds. The van der Waals surface area contributed by atoms with Crippen LogP contribution >= 0.6 is 11.6 Å². The SMILES string of the molecule is CC[C@H](C)[C@H]1C(=O)N(Cc2cccc3ccccc23)C[C@@H]2N(C(=O)NCc3ccc(Cl)cc3)CCC(=O)N12. The monoisotopic (exact) mass is 532 g/mol. The normalized spacial score (nSPS) is 20.4. The van der Waals surface area contributed by atoms with Gasteiger partial charge in [0.2, 0.25) is 11.8 Å². The fraction of sp³-hybridized carbons (Fsp3) is 0.367. The number of hydrogen-bond acceptors (Lipinski definition) is 3. The number of rotatable bonds is 6. The number of carbonyl (C=O) groups excluding carboxylic acids is 3. The average molecular weight is 533 g/mol. The first-order chi connectivity index (χ1) is 18.4. The van der Waals surface area contributed by atoms with E-state index in [2.05, 4.69) is 23.5 Å². The van der Waals surface area contributed by atoms with Crippen molar-refractivity contribution in [3.05, 3.63) is 82.9 Å². The van der Waals surface area contributed by atoms with E-state index in [9.17, 15) is 14.4 Å². The molecule has 2 fully saturated rings. The van der Waals surface area contributed by atoms with Crippen LogP contribution in [0.1, 0.15) is 37.8 Å². The van der Waals surface area contributed by atoms with E-state index in [0.29, 0.717) is 24.7 Å². The molecule has 2 saturated heterocycles. The third-order valence-electron chi connectivity index (χ3n) is 7.83.